The fourth-order valence-corrected chi connectivity index (χ4v) is 6.03. The summed E-state index contributed by atoms with van der Waals surface area (Å²) >= 11 is 0. The number of carbonyl (C=O) groups is 3. The standard InChI is InChI=1S/C27H26N2O6/c30-14-13-29-23-25(32)28(19-10-9-17-6-1-2-7-18(17)16-19)12-5-11-27(23)22(24(29)31)21-20(35-27)8-3-4-15-34-26(21)33/h1-3,5-11,16,20-23,30H,4,12-15H2/t20-,21?,22+,23-,27?/m1/s1. The SMILES string of the molecule is O=C1OCCC=C[C@H]2OC34C=CCN(c5ccc6ccccc6c5)C(=O)[C@H]3N(CCO)C(=O)[C@@H]4C12. The van der Waals surface area contributed by atoms with E-state index in [-0.39, 0.29) is 31.6 Å². The normalized spacial score (nSPS) is 32.1. The molecule has 2 unspecified atom stereocenters. The number of hydrogen-bond donors (Lipinski definition) is 1. The number of β-amino-alcohol motifs (C(OH)–C–C–N with tert-alkyl or cyclic N) is 1. The van der Waals surface area contributed by atoms with Gasteiger partial charge >= 0.3 is 5.97 Å². The molecule has 4 heterocycles. The number of fused-ring (bicyclic) bond motifs is 3. The van der Waals surface area contributed by atoms with Gasteiger partial charge in [0.1, 0.15) is 17.6 Å². The summed E-state index contributed by atoms with van der Waals surface area (Å²) in [6.45, 7) is 0.192. The Morgan fingerprint density at radius 1 is 1.03 bits per heavy atom. The first-order valence-corrected chi connectivity index (χ1v) is 12.0. The first-order valence-electron chi connectivity index (χ1n) is 12.0. The van der Waals surface area contributed by atoms with Gasteiger partial charge in [-0.25, -0.2) is 0 Å². The Morgan fingerprint density at radius 3 is 2.69 bits per heavy atom. The summed E-state index contributed by atoms with van der Waals surface area (Å²) in [5.41, 5.74) is -0.614. The van der Waals surface area contributed by atoms with Gasteiger partial charge in [0.2, 0.25) is 5.91 Å². The van der Waals surface area contributed by atoms with Crippen LogP contribution in [0.4, 0.5) is 5.69 Å². The average molecular weight is 475 g/mol. The van der Waals surface area contributed by atoms with Gasteiger partial charge < -0.3 is 24.4 Å². The zero-order valence-electron chi connectivity index (χ0n) is 19.1. The third kappa shape index (κ3) is 3.24. The maximum Gasteiger partial charge on any atom is 0.312 e. The molecule has 35 heavy (non-hydrogen) atoms. The molecular formula is C27H26N2O6. The van der Waals surface area contributed by atoms with E-state index in [1.54, 1.807) is 11.0 Å². The predicted octanol–water partition coefficient (Wildman–Crippen LogP) is 1.82. The number of benzene rings is 2. The molecule has 2 aromatic rings. The van der Waals surface area contributed by atoms with Crippen LogP contribution in [0.3, 0.4) is 0 Å². The quantitative estimate of drug-likeness (QED) is 0.539. The number of anilines is 1. The smallest absolute Gasteiger partial charge is 0.312 e. The zero-order valence-corrected chi connectivity index (χ0v) is 19.1. The zero-order chi connectivity index (χ0) is 24.2. The van der Waals surface area contributed by atoms with Crippen molar-refractivity contribution in [2.45, 2.75) is 24.2 Å². The summed E-state index contributed by atoms with van der Waals surface area (Å²) in [5, 5.41) is 11.8. The number of cyclic esters (lactones) is 1. The van der Waals surface area contributed by atoms with Crippen molar-refractivity contribution in [3.8, 4) is 0 Å². The number of amides is 2. The molecule has 0 saturated carbocycles. The lowest BCUT2D eigenvalue weighted by molar-refractivity contribution is -0.154. The van der Waals surface area contributed by atoms with Gasteiger partial charge in [0, 0.05) is 18.8 Å². The van der Waals surface area contributed by atoms with Crippen LogP contribution in [-0.4, -0.2) is 71.8 Å². The lowest BCUT2D eigenvalue weighted by Gasteiger charge is -2.35. The maximum absolute atomic E-state index is 14.2. The molecule has 0 aliphatic carbocycles. The molecule has 4 aliphatic rings. The van der Waals surface area contributed by atoms with E-state index in [9.17, 15) is 19.5 Å². The van der Waals surface area contributed by atoms with Crippen LogP contribution in [-0.2, 0) is 23.9 Å². The van der Waals surface area contributed by atoms with Crippen molar-refractivity contribution >= 4 is 34.2 Å². The number of rotatable bonds is 3. The molecule has 8 nitrogen and oxygen atoms in total. The van der Waals surface area contributed by atoms with Crippen molar-refractivity contribution in [2.75, 3.05) is 31.2 Å². The molecule has 180 valence electrons. The van der Waals surface area contributed by atoms with E-state index < -0.39 is 35.6 Å². The Hall–Kier alpha value is -3.49. The van der Waals surface area contributed by atoms with E-state index in [0.717, 1.165) is 10.8 Å². The Balaban J connectivity index is 1.45. The molecule has 8 heteroatoms. The highest BCUT2D eigenvalue weighted by molar-refractivity contribution is 6.06. The second-order valence-corrected chi connectivity index (χ2v) is 9.36. The summed E-state index contributed by atoms with van der Waals surface area (Å²) in [7, 11) is 0. The van der Waals surface area contributed by atoms with Crippen molar-refractivity contribution < 1.29 is 29.0 Å². The molecule has 0 aromatic heterocycles. The molecule has 0 radical (unpaired) electrons. The second kappa shape index (κ2) is 8.32. The van der Waals surface area contributed by atoms with Crippen molar-refractivity contribution in [1.29, 1.82) is 0 Å². The van der Waals surface area contributed by atoms with Crippen LogP contribution in [0, 0.1) is 11.8 Å². The van der Waals surface area contributed by atoms with Gasteiger partial charge in [-0.05, 0) is 29.3 Å². The minimum Gasteiger partial charge on any atom is -0.465 e. The lowest BCUT2D eigenvalue weighted by atomic mass is 9.77. The highest BCUT2D eigenvalue weighted by atomic mass is 16.6. The first-order chi connectivity index (χ1) is 17.0. The van der Waals surface area contributed by atoms with Crippen LogP contribution in [0.2, 0.25) is 0 Å². The molecule has 5 atom stereocenters. The Bertz CT molecular complexity index is 1270. The van der Waals surface area contributed by atoms with E-state index in [0.29, 0.717) is 18.7 Å². The van der Waals surface area contributed by atoms with Crippen molar-refractivity contribution in [1.82, 2.24) is 4.90 Å². The summed E-state index contributed by atoms with van der Waals surface area (Å²) < 4.78 is 11.9. The molecule has 0 bridgehead atoms. The van der Waals surface area contributed by atoms with Crippen molar-refractivity contribution in [2.24, 2.45) is 11.8 Å². The van der Waals surface area contributed by atoms with Crippen molar-refractivity contribution in [3.63, 3.8) is 0 Å². The molecule has 4 aliphatic heterocycles. The minimum atomic E-state index is -1.32. The van der Waals surface area contributed by atoms with Crippen molar-refractivity contribution in [3.05, 3.63) is 66.8 Å². The number of hydrogen-bond acceptors (Lipinski definition) is 6. The number of carbonyl (C=O) groups excluding carboxylic acids is 3. The molecule has 2 aromatic carbocycles. The van der Waals surface area contributed by atoms with Gasteiger partial charge in [-0.2, -0.15) is 0 Å². The molecule has 1 N–H and O–H groups in total. The topological polar surface area (TPSA) is 96.4 Å². The third-order valence-corrected chi connectivity index (χ3v) is 7.51. The number of aliphatic hydroxyl groups is 1. The Kier molecular flexibility index (Phi) is 5.23. The van der Waals surface area contributed by atoms with Crippen LogP contribution in [0.1, 0.15) is 6.42 Å². The molecule has 1 spiro atoms. The number of esters is 1. The van der Waals surface area contributed by atoms with Gasteiger partial charge in [0.15, 0.2) is 0 Å². The average Bonchev–Trinajstić information content (AvgIpc) is 3.22. The number of nitrogens with zero attached hydrogens (tertiary/aromatic N) is 2. The molecule has 2 amide bonds. The van der Waals surface area contributed by atoms with Crippen LogP contribution < -0.4 is 4.90 Å². The molecule has 6 rings (SSSR count). The van der Waals surface area contributed by atoms with E-state index >= 15 is 0 Å². The monoisotopic (exact) mass is 474 g/mol. The van der Waals surface area contributed by atoms with Crippen LogP contribution in [0.5, 0.6) is 0 Å². The van der Waals surface area contributed by atoms with E-state index in [1.807, 2.05) is 60.7 Å². The molecular weight excluding hydrogens is 448 g/mol. The highest BCUT2D eigenvalue weighted by Crippen LogP contribution is 2.53. The first kappa shape index (κ1) is 22.0. The number of likely N-dealkylation sites (tertiary alicyclic amines) is 1. The van der Waals surface area contributed by atoms with Crippen LogP contribution in [0.15, 0.2) is 66.8 Å². The fourth-order valence-electron chi connectivity index (χ4n) is 6.03. The lowest BCUT2D eigenvalue weighted by Crippen LogP contribution is -2.55. The Labute approximate surface area is 202 Å². The highest BCUT2D eigenvalue weighted by Gasteiger charge is 2.71. The summed E-state index contributed by atoms with van der Waals surface area (Å²) in [5.74, 6) is -2.93. The third-order valence-electron chi connectivity index (χ3n) is 7.51. The number of aliphatic hydroxyl groups excluding tert-OH is 1. The summed E-state index contributed by atoms with van der Waals surface area (Å²) in [6, 6.07) is 12.7. The maximum atomic E-state index is 14.2. The predicted molar refractivity (Wildman–Crippen MR) is 127 cm³/mol. The Morgan fingerprint density at radius 2 is 1.86 bits per heavy atom. The largest absolute Gasteiger partial charge is 0.465 e. The van der Waals surface area contributed by atoms with Gasteiger partial charge in [-0.15, -0.1) is 0 Å². The van der Waals surface area contributed by atoms with E-state index in [1.165, 1.54) is 4.90 Å². The fraction of sp³-hybridized carbons (Fsp3) is 0.370. The molecule has 2 saturated heterocycles. The number of ether oxygens (including phenoxy) is 2. The second-order valence-electron chi connectivity index (χ2n) is 9.36. The van der Waals surface area contributed by atoms with Crippen LogP contribution in [0.25, 0.3) is 10.8 Å². The van der Waals surface area contributed by atoms with Gasteiger partial charge in [-0.3, -0.25) is 14.4 Å². The van der Waals surface area contributed by atoms with Gasteiger partial charge in [0.05, 0.1) is 25.2 Å². The summed E-state index contributed by atoms with van der Waals surface area (Å²) in [4.78, 5) is 43.9. The minimum absolute atomic E-state index is 0.0292. The van der Waals surface area contributed by atoms with Gasteiger partial charge in [-0.1, -0.05) is 54.6 Å². The van der Waals surface area contributed by atoms with Gasteiger partial charge in [0.25, 0.3) is 5.91 Å². The van der Waals surface area contributed by atoms with E-state index in [4.69, 9.17) is 9.47 Å². The van der Waals surface area contributed by atoms with E-state index in [2.05, 4.69) is 0 Å². The van der Waals surface area contributed by atoms with Crippen LogP contribution >= 0.6 is 0 Å². The summed E-state index contributed by atoms with van der Waals surface area (Å²) in [6.07, 6.45) is 7.21. The molecule has 2 fully saturated rings.